The summed E-state index contributed by atoms with van der Waals surface area (Å²) in [7, 11) is 1.54. The van der Waals surface area contributed by atoms with Gasteiger partial charge in [0.2, 0.25) is 0 Å². The molecule has 1 aliphatic rings. The molecule has 0 bridgehead atoms. The lowest BCUT2D eigenvalue weighted by atomic mass is 10.1. The second-order valence-corrected chi connectivity index (χ2v) is 5.78. The van der Waals surface area contributed by atoms with E-state index in [0.717, 1.165) is 25.9 Å². The summed E-state index contributed by atoms with van der Waals surface area (Å²) >= 11 is 6.05. The fourth-order valence-electron chi connectivity index (χ4n) is 2.57. The van der Waals surface area contributed by atoms with Crippen LogP contribution in [0.2, 0.25) is 5.02 Å². The Hall–Kier alpha value is -2.12. The topological polar surface area (TPSA) is 81.1 Å². The Labute approximate surface area is 139 Å². The van der Waals surface area contributed by atoms with Crippen LogP contribution < -0.4 is 15.4 Å². The van der Waals surface area contributed by atoms with Gasteiger partial charge in [0, 0.05) is 5.69 Å². The average Bonchev–Trinajstić information content (AvgIpc) is 3.06. The smallest absolute Gasteiger partial charge is 0.277 e. The maximum absolute atomic E-state index is 12.3. The van der Waals surface area contributed by atoms with Gasteiger partial charge in [-0.3, -0.25) is 4.79 Å². The Morgan fingerprint density at radius 2 is 2.22 bits per heavy atom. The van der Waals surface area contributed by atoms with Crippen molar-refractivity contribution in [3.05, 3.63) is 35.1 Å². The third kappa shape index (κ3) is 3.62. The number of nitrogens with zero attached hydrogens (tertiary/aromatic N) is 3. The highest BCUT2D eigenvalue weighted by atomic mass is 35.5. The molecule has 8 heteroatoms. The second kappa shape index (κ2) is 6.97. The van der Waals surface area contributed by atoms with E-state index in [4.69, 9.17) is 16.3 Å². The fourth-order valence-corrected chi connectivity index (χ4v) is 2.83. The highest BCUT2D eigenvalue weighted by Gasteiger charge is 2.19. The number of anilines is 1. The summed E-state index contributed by atoms with van der Waals surface area (Å²) in [6.45, 7) is 1.91. The second-order valence-electron chi connectivity index (χ2n) is 5.37. The van der Waals surface area contributed by atoms with Gasteiger partial charge in [-0.05, 0) is 44.1 Å². The van der Waals surface area contributed by atoms with Crippen molar-refractivity contribution in [1.29, 1.82) is 0 Å². The zero-order valence-corrected chi connectivity index (χ0v) is 13.5. The molecular formula is C15H18ClN5O2. The van der Waals surface area contributed by atoms with Gasteiger partial charge >= 0.3 is 0 Å². The Bertz CT molecular complexity index is 697. The van der Waals surface area contributed by atoms with E-state index in [2.05, 4.69) is 20.9 Å². The number of methoxy groups -OCH3 is 1. The molecule has 0 radical (unpaired) electrons. The van der Waals surface area contributed by atoms with Crippen LogP contribution in [0.4, 0.5) is 5.69 Å². The number of ether oxygens (including phenoxy) is 1. The Kier molecular flexibility index (Phi) is 4.78. The van der Waals surface area contributed by atoms with Crippen LogP contribution in [0.5, 0.6) is 5.75 Å². The average molecular weight is 336 g/mol. The van der Waals surface area contributed by atoms with E-state index < -0.39 is 0 Å². The van der Waals surface area contributed by atoms with Crippen molar-refractivity contribution in [3.63, 3.8) is 0 Å². The van der Waals surface area contributed by atoms with Gasteiger partial charge in [0.05, 0.1) is 24.4 Å². The fraction of sp³-hybridized carbons (Fsp3) is 0.400. The molecule has 0 aliphatic carbocycles. The molecule has 1 aromatic carbocycles. The lowest BCUT2D eigenvalue weighted by molar-refractivity contribution is 0.102. The van der Waals surface area contributed by atoms with Crippen molar-refractivity contribution >= 4 is 23.2 Å². The first-order valence-corrected chi connectivity index (χ1v) is 7.82. The van der Waals surface area contributed by atoms with Crippen LogP contribution in [0, 0.1) is 0 Å². The summed E-state index contributed by atoms with van der Waals surface area (Å²) in [4.78, 5) is 12.3. The maximum Gasteiger partial charge on any atom is 0.277 e. The molecule has 1 aromatic heterocycles. The highest BCUT2D eigenvalue weighted by molar-refractivity contribution is 6.32. The molecule has 2 N–H and O–H groups in total. The third-order valence-corrected chi connectivity index (χ3v) is 4.13. The van der Waals surface area contributed by atoms with E-state index in [1.807, 2.05) is 0 Å². The van der Waals surface area contributed by atoms with Crippen LogP contribution in [0.15, 0.2) is 24.4 Å². The van der Waals surface area contributed by atoms with Crippen molar-refractivity contribution < 1.29 is 9.53 Å². The number of aromatic nitrogens is 3. The van der Waals surface area contributed by atoms with Crippen LogP contribution >= 0.6 is 11.6 Å². The molecule has 1 fully saturated rings. The molecule has 1 saturated heterocycles. The number of carbonyl (C=O) groups excluding carboxylic acids is 1. The number of carbonyl (C=O) groups is 1. The van der Waals surface area contributed by atoms with E-state index in [-0.39, 0.29) is 11.6 Å². The molecule has 3 rings (SSSR count). The number of hydrogen-bond acceptors (Lipinski definition) is 5. The molecule has 2 aromatic rings. The van der Waals surface area contributed by atoms with Gasteiger partial charge in [0.15, 0.2) is 5.69 Å². The van der Waals surface area contributed by atoms with E-state index in [1.54, 1.807) is 36.2 Å². The quantitative estimate of drug-likeness (QED) is 0.894. The molecule has 7 nitrogen and oxygen atoms in total. The molecule has 2 heterocycles. The number of nitrogens with one attached hydrogen (secondary N) is 2. The molecule has 0 saturated carbocycles. The van der Waals surface area contributed by atoms with Crippen LogP contribution in [0.1, 0.15) is 29.4 Å². The number of halogens is 1. The van der Waals surface area contributed by atoms with Gasteiger partial charge in [-0.15, -0.1) is 5.10 Å². The van der Waals surface area contributed by atoms with Crippen molar-refractivity contribution in [2.75, 3.05) is 25.5 Å². The van der Waals surface area contributed by atoms with E-state index >= 15 is 0 Å². The van der Waals surface area contributed by atoms with Crippen molar-refractivity contribution in [1.82, 2.24) is 20.3 Å². The van der Waals surface area contributed by atoms with Gasteiger partial charge in [-0.2, -0.15) is 0 Å². The summed E-state index contributed by atoms with van der Waals surface area (Å²) in [6, 6.07) is 5.35. The minimum Gasteiger partial charge on any atom is -0.495 e. The molecule has 122 valence electrons. The van der Waals surface area contributed by atoms with Gasteiger partial charge < -0.3 is 15.4 Å². The SMILES string of the molecule is COc1ccc(NC(=O)c2cn(C3CCNCC3)nn2)cc1Cl. The largest absolute Gasteiger partial charge is 0.495 e. The monoisotopic (exact) mass is 335 g/mol. The number of piperidine rings is 1. The number of benzene rings is 1. The Balaban J connectivity index is 1.68. The number of hydrogen-bond donors (Lipinski definition) is 2. The lowest BCUT2D eigenvalue weighted by Gasteiger charge is -2.22. The van der Waals surface area contributed by atoms with Crippen LogP contribution in [0.25, 0.3) is 0 Å². The zero-order valence-electron chi connectivity index (χ0n) is 12.8. The molecule has 0 spiro atoms. The summed E-state index contributed by atoms with van der Waals surface area (Å²) in [5, 5.41) is 14.5. The van der Waals surface area contributed by atoms with Gasteiger partial charge in [-0.1, -0.05) is 16.8 Å². The predicted molar refractivity (Wildman–Crippen MR) is 87.1 cm³/mol. The van der Waals surface area contributed by atoms with Crippen molar-refractivity contribution in [2.45, 2.75) is 18.9 Å². The first-order valence-electron chi connectivity index (χ1n) is 7.45. The maximum atomic E-state index is 12.3. The lowest BCUT2D eigenvalue weighted by Crippen LogP contribution is -2.29. The molecule has 0 atom stereocenters. The summed E-state index contributed by atoms with van der Waals surface area (Å²) < 4.78 is 6.86. The summed E-state index contributed by atoms with van der Waals surface area (Å²) in [5.41, 5.74) is 0.868. The Morgan fingerprint density at radius 3 is 2.91 bits per heavy atom. The molecule has 0 unspecified atom stereocenters. The first kappa shape index (κ1) is 15.8. The predicted octanol–water partition coefficient (Wildman–Crippen LogP) is 2.12. The number of rotatable bonds is 4. The minimum atomic E-state index is -0.314. The van der Waals surface area contributed by atoms with Crippen LogP contribution in [-0.2, 0) is 0 Å². The van der Waals surface area contributed by atoms with Gasteiger partial charge in [0.25, 0.3) is 5.91 Å². The third-order valence-electron chi connectivity index (χ3n) is 3.84. The van der Waals surface area contributed by atoms with Crippen molar-refractivity contribution in [3.8, 4) is 5.75 Å². The molecule has 23 heavy (non-hydrogen) atoms. The van der Waals surface area contributed by atoms with E-state index in [0.29, 0.717) is 22.5 Å². The minimum absolute atomic E-state index is 0.287. The normalized spacial score (nSPS) is 15.4. The molecule has 1 aliphatic heterocycles. The summed E-state index contributed by atoms with van der Waals surface area (Å²) in [6.07, 6.45) is 3.66. The standard InChI is InChI=1S/C15H18ClN5O2/c1-23-14-3-2-10(8-12(14)16)18-15(22)13-9-21(20-19-13)11-4-6-17-7-5-11/h2-3,8-9,11,17H,4-7H2,1H3,(H,18,22). The molecular weight excluding hydrogens is 318 g/mol. The van der Waals surface area contributed by atoms with Gasteiger partial charge in [0.1, 0.15) is 5.75 Å². The van der Waals surface area contributed by atoms with Crippen LogP contribution in [0.3, 0.4) is 0 Å². The van der Waals surface area contributed by atoms with Gasteiger partial charge in [-0.25, -0.2) is 4.68 Å². The zero-order chi connectivity index (χ0) is 16.2. The summed E-state index contributed by atoms with van der Waals surface area (Å²) in [5.74, 6) is 0.243. The first-order chi connectivity index (χ1) is 11.2. The van der Waals surface area contributed by atoms with Crippen LogP contribution in [-0.4, -0.2) is 41.1 Å². The Morgan fingerprint density at radius 1 is 1.43 bits per heavy atom. The number of amides is 1. The van der Waals surface area contributed by atoms with Crippen molar-refractivity contribution in [2.24, 2.45) is 0 Å². The van der Waals surface area contributed by atoms with E-state index in [1.165, 1.54) is 0 Å². The molecule has 1 amide bonds. The highest BCUT2D eigenvalue weighted by Crippen LogP contribution is 2.27. The van der Waals surface area contributed by atoms with E-state index in [9.17, 15) is 4.79 Å².